The number of carbonyl (C=O) groups is 2. The van der Waals surface area contributed by atoms with Crippen LogP contribution in [0.25, 0.3) is 0 Å². The molecule has 4 rings (SSSR count). The Balaban J connectivity index is 1.69. The highest BCUT2D eigenvalue weighted by atomic mass is 32.2. The SMILES string of the molecule is COC(=O)c1c(NC(=O)CN(c2ccc(C)c(C)c2)S(=O)(=O)c2ccc(C)cc2)sc2c1CCC2. The molecule has 2 aromatic carbocycles. The fourth-order valence-corrected chi connectivity index (χ4v) is 6.85. The number of nitrogens with zero attached hydrogens (tertiary/aromatic N) is 1. The summed E-state index contributed by atoms with van der Waals surface area (Å²) in [6, 6.07) is 11.8. The predicted octanol–water partition coefficient (Wildman–Crippen LogP) is 4.78. The van der Waals surface area contributed by atoms with Crippen LogP contribution in [-0.4, -0.2) is 33.9 Å². The van der Waals surface area contributed by atoms with Gasteiger partial charge in [-0.15, -0.1) is 11.3 Å². The Morgan fingerprint density at radius 1 is 1.03 bits per heavy atom. The van der Waals surface area contributed by atoms with Gasteiger partial charge in [0.25, 0.3) is 10.0 Å². The Kier molecular flexibility index (Phi) is 7.00. The number of nitrogens with one attached hydrogen (secondary N) is 1. The summed E-state index contributed by atoms with van der Waals surface area (Å²) in [4.78, 5) is 26.8. The third-order valence-corrected chi connectivity index (χ3v) is 9.23. The van der Waals surface area contributed by atoms with Crippen molar-refractivity contribution >= 4 is 43.9 Å². The number of esters is 1. The van der Waals surface area contributed by atoms with Crippen molar-refractivity contribution in [3.8, 4) is 0 Å². The number of sulfonamides is 1. The van der Waals surface area contributed by atoms with Crippen LogP contribution in [0, 0.1) is 20.8 Å². The first-order valence-electron chi connectivity index (χ1n) is 11.3. The number of aryl methyl sites for hydroxylation is 4. The van der Waals surface area contributed by atoms with Crippen molar-refractivity contribution < 1.29 is 22.7 Å². The van der Waals surface area contributed by atoms with Gasteiger partial charge in [0, 0.05) is 4.88 Å². The van der Waals surface area contributed by atoms with Crippen molar-refractivity contribution in [2.45, 2.75) is 44.9 Å². The Labute approximate surface area is 209 Å². The van der Waals surface area contributed by atoms with E-state index in [9.17, 15) is 18.0 Å². The fraction of sp³-hybridized carbons (Fsp3) is 0.308. The van der Waals surface area contributed by atoms with Crippen LogP contribution in [-0.2, 0) is 32.4 Å². The summed E-state index contributed by atoms with van der Waals surface area (Å²) in [5.74, 6) is -1.04. The maximum atomic E-state index is 13.6. The van der Waals surface area contributed by atoms with E-state index in [1.54, 1.807) is 24.3 Å². The number of hydrogen-bond acceptors (Lipinski definition) is 6. The van der Waals surface area contributed by atoms with E-state index in [0.717, 1.165) is 50.7 Å². The zero-order valence-electron chi connectivity index (χ0n) is 20.2. The summed E-state index contributed by atoms with van der Waals surface area (Å²) in [5.41, 5.74) is 4.54. The summed E-state index contributed by atoms with van der Waals surface area (Å²) in [5, 5.41) is 3.19. The van der Waals surface area contributed by atoms with Crippen LogP contribution in [0.2, 0.25) is 0 Å². The molecular formula is C26H28N2O5S2. The van der Waals surface area contributed by atoms with Crippen molar-refractivity contribution in [2.75, 3.05) is 23.3 Å². The minimum atomic E-state index is -4.03. The molecule has 0 saturated heterocycles. The molecule has 0 unspecified atom stereocenters. The van der Waals surface area contributed by atoms with Gasteiger partial charge in [0.05, 0.1) is 23.3 Å². The second kappa shape index (κ2) is 9.83. The molecule has 184 valence electrons. The standard InChI is InChI=1S/C26H28N2O5S2/c1-16-8-12-20(13-9-16)35(31,32)28(19-11-10-17(2)18(3)14-19)15-23(29)27-25-24(26(30)33-4)21-6-5-7-22(21)34-25/h8-14H,5-7,15H2,1-4H3,(H,27,29). The zero-order valence-corrected chi connectivity index (χ0v) is 21.8. The number of anilines is 2. The number of ether oxygens (including phenoxy) is 1. The van der Waals surface area contributed by atoms with Crippen molar-refractivity contribution in [2.24, 2.45) is 0 Å². The molecule has 1 amide bonds. The van der Waals surface area contributed by atoms with Gasteiger partial charge in [0.2, 0.25) is 5.91 Å². The molecule has 9 heteroatoms. The largest absolute Gasteiger partial charge is 0.465 e. The molecule has 0 spiro atoms. The lowest BCUT2D eigenvalue weighted by Gasteiger charge is -2.25. The summed E-state index contributed by atoms with van der Waals surface area (Å²) in [7, 11) is -2.72. The maximum Gasteiger partial charge on any atom is 0.341 e. The van der Waals surface area contributed by atoms with Crippen molar-refractivity contribution in [3.63, 3.8) is 0 Å². The second-order valence-electron chi connectivity index (χ2n) is 8.69. The summed E-state index contributed by atoms with van der Waals surface area (Å²) in [6.07, 6.45) is 2.55. The van der Waals surface area contributed by atoms with Crippen molar-refractivity contribution in [1.82, 2.24) is 0 Å². The normalized spacial score (nSPS) is 12.8. The highest BCUT2D eigenvalue weighted by Crippen LogP contribution is 2.39. The average molecular weight is 513 g/mol. The first kappa shape index (κ1) is 24.9. The molecule has 0 fully saturated rings. The Morgan fingerprint density at radius 3 is 2.40 bits per heavy atom. The molecule has 7 nitrogen and oxygen atoms in total. The zero-order chi connectivity index (χ0) is 25.3. The van der Waals surface area contributed by atoms with Gasteiger partial charge in [-0.2, -0.15) is 0 Å². The lowest BCUT2D eigenvalue weighted by atomic mass is 10.1. The summed E-state index contributed by atoms with van der Waals surface area (Å²) < 4.78 is 33.3. The molecule has 1 heterocycles. The van der Waals surface area contributed by atoms with Crippen LogP contribution >= 0.6 is 11.3 Å². The number of carbonyl (C=O) groups excluding carboxylic acids is 2. The van der Waals surface area contributed by atoms with E-state index in [1.165, 1.54) is 30.6 Å². The minimum Gasteiger partial charge on any atom is -0.465 e. The minimum absolute atomic E-state index is 0.0967. The molecule has 0 bridgehead atoms. The summed E-state index contributed by atoms with van der Waals surface area (Å²) >= 11 is 1.35. The molecular weight excluding hydrogens is 484 g/mol. The van der Waals surface area contributed by atoms with E-state index >= 15 is 0 Å². The van der Waals surface area contributed by atoms with E-state index in [-0.39, 0.29) is 4.90 Å². The van der Waals surface area contributed by atoms with Crippen LogP contribution in [0.15, 0.2) is 47.4 Å². The van der Waals surface area contributed by atoms with E-state index < -0.39 is 28.4 Å². The third-order valence-electron chi connectivity index (χ3n) is 6.24. The molecule has 0 radical (unpaired) electrons. The monoisotopic (exact) mass is 512 g/mol. The van der Waals surface area contributed by atoms with E-state index in [4.69, 9.17) is 4.74 Å². The lowest BCUT2D eigenvalue weighted by molar-refractivity contribution is -0.114. The molecule has 0 aliphatic heterocycles. The number of thiophene rings is 1. The van der Waals surface area contributed by atoms with Gasteiger partial charge in [0.15, 0.2) is 0 Å². The second-order valence-corrected chi connectivity index (χ2v) is 11.7. The predicted molar refractivity (Wildman–Crippen MR) is 138 cm³/mol. The smallest absolute Gasteiger partial charge is 0.341 e. The van der Waals surface area contributed by atoms with E-state index in [1.807, 2.05) is 26.8 Å². The van der Waals surface area contributed by atoms with Gasteiger partial charge in [-0.25, -0.2) is 13.2 Å². The Morgan fingerprint density at radius 2 is 1.74 bits per heavy atom. The van der Waals surface area contributed by atoms with Gasteiger partial charge in [-0.05, 0) is 81.0 Å². The number of fused-ring (bicyclic) bond motifs is 1. The molecule has 1 aliphatic rings. The van der Waals surface area contributed by atoms with Gasteiger partial charge in [-0.3, -0.25) is 9.10 Å². The molecule has 0 saturated carbocycles. The topological polar surface area (TPSA) is 92.8 Å². The first-order chi connectivity index (χ1) is 16.6. The first-order valence-corrected chi connectivity index (χ1v) is 13.6. The highest BCUT2D eigenvalue weighted by molar-refractivity contribution is 7.92. The van der Waals surface area contributed by atoms with Gasteiger partial charge < -0.3 is 10.1 Å². The van der Waals surface area contributed by atoms with Crippen LogP contribution in [0.1, 0.15) is 43.9 Å². The number of hydrogen-bond donors (Lipinski definition) is 1. The molecule has 0 atom stereocenters. The summed E-state index contributed by atoms with van der Waals surface area (Å²) in [6.45, 7) is 5.27. The van der Waals surface area contributed by atoms with Crippen LogP contribution in [0.4, 0.5) is 10.7 Å². The van der Waals surface area contributed by atoms with Gasteiger partial charge in [-0.1, -0.05) is 23.8 Å². The highest BCUT2D eigenvalue weighted by Gasteiger charge is 2.31. The van der Waals surface area contributed by atoms with Crippen LogP contribution < -0.4 is 9.62 Å². The van der Waals surface area contributed by atoms with E-state index in [0.29, 0.717) is 16.3 Å². The molecule has 1 N–H and O–H groups in total. The average Bonchev–Trinajstić information content (AvgIpc) is 3.40. The van der Waals surface area contributed by atoms with Crippen LogP contribution in [0.3, 0.4) is 0 Å². The van der Waals surface area contributed by atoms with Gasteiger partial charge >= 0.3 is 5.97 Å². The van der Waals surface area contributed by atoms with Crippen molar-refractivity contribution in [3.05, 3.63) is 75.2 Å². The quantitative estimate of drug-likeness (QED) is 0.460. The maximum absolute atomic E-state index is 13.6. The number of amides is 1. The Bertz CT molecular complexity index is 1390. The number of benzene rings is 2. The van der Waals surface area contributed by atoms with Crippen LogP contribution in [0.5, 0.6) is 0 Å². The lowest BCUT2D eigenvalue weighted by Crippen LogP contribution is -2.38. The Hall–Kier alpha value is -3.17. The van der Waals surface area contributed by atoms with Crippen molar-refractivity contribution in [1.29, 1.82) is 0 Å². The molecule has 1 aromatic heterocycles. The molecule has 35 heavy (non-hydrogen) atoms. The number of rotatable bonds is 7. The van der Waals surface area contributed by atoms with E-state index in [2.05, 4.69) is 5.32 Å². The molecule has 1 aliphatic carbocycles. The fourth-order valence-electron chi connectivity index (χ4n) is 4.14. The molecule has 3 aromatic rings. The third kappa shape index (κ3) is 4.97. The number of methoxy groups -OCH3 is 1. The van der Waals surface area contributed by atoms with Gasteiger partial charge in [0.1, 0.15) is 11.5 Å².